The van der Waals surface area contributed by atoms with Crippen molar-refractivity contribution in [2.45, 2.75) is 26.6 Å². The molecule has 12 nitrogen and oxygen atoms in total. The maximum Gasteiger partial charge on any atom is 0.333 e. The van der Waals surface area contributed by atoms with Crippen LogP contribution < -0.4 is 21.3 Å². The lowest BCUT2D eigenvalue weighted by Crippen LogP contribution is -2.45. The molecule has 0 saturated carbocycles. The zero-order chi connectivity index (χ0) is 24.7. The minimum absolute atomic E-state index is 0.00211. The standard InChI is InChI=1S/C21H28N6O6S/c1-3-34(31,32)24-10-9-22-17(28)14-27-20(29)18-19(23-15-25(18)11-12-33-2)26(21(27)30)13-16-7-5-4-6-8-16/h4-8,15,24H,3,9-14H2,1-2H3,(H,22,28). The Balaban J connectivity index is 1.92. The predicted molar refractivity (Wildman–Crippen MR) is 126 cm³/mol. The summed E-state index contributed by atoms with van der Waals surface area (Å²) in [5, 5.41) is 2.53. The van der Waals surface area contributed by atoms with Gasteiger partial charge in [0.25, 0.3) is 5.56 Å². The number of hydrogen-bond acceptors (Lipinski definition) is 7. The van der Waals surface area contributed by atoms with E-state index in [4.69, 9.17) is 4.74 Å². The summed E-state index contributed by atoms with van der Waals surface area (Å²) in [5.74, 6) is -0.669. The number of hydrogen-bond donors (Lipinski definition) is 2. The highest BCUT2D eigenvalue weighted by atomic mass is 32.2. The third kappa shape index (κ3) is 5.98. The summed E-state index contributed by atoms with van der Waals surface area (Å²) in [4.78, 5) is 43.2. The van der Waals surface area contributed by atoms with E-state index in [2.05, 4.69) is 15.0 Å². The smallest absolute Gasteiger partial charge is 0.333 e. The lowest BCUT2D eigenvalue weighted by atomic mass is 10.2. The van der Waals surface area contributed by atoms with Crippen molar-refractivity contribution in [2.24, 2.45) is 0 Å². The van der Waals surface area contributed by atoms with Crippen LogP contribution in [-0.4, -0.2) is 65.6 Å². The number of sulfonamides is 1. The van der Waals surface area contributed by atoms with Gasteiger partial charge in [-0.3, -0.25) is 14.2 Å². The summed E-state index contributed by atoms with van der Waals surface area (Å²) in [6, 6.07) is 9.22. The molecule has 0 aliphatic heterocycles. The van der Waals surface area contributed by atoms with E-state index in [-0.39, 0.29) is 36.6 Å². The van der Waals surface area contributed by atoms with Crippen molar-refractivity contribution in [1.29, 1.82) is 0 Å². The van der Waals surface area contributed by atoms with E-state index in [1.54, 1.807) is 4.57 Å². The average molecular weight is 493 g/mol. The number of imidazole rings is 1. The summed E-state index contributed by atoms with van der Waals surface area (Å²) in [7, 11) is -1.85. The van der Waals surface area contributed by atoms with Gasteiger partial charge in [0, 0.05) is 26.7 Å². The highest BCUT2D eigenvalue weighted by Crippen LogP contribution is 2.10. The van der Waals surface area contributed by atoms with Gasteiger partial charge in [0.15, 0.2) is 11.2 Å². The van der Waals surface area contributed by atoms with Crippen LogP contribution >= 0.6 is 0 Å². The van der Waals surface area contributed by atoms with Crippen molar-refractivity contribution in [2.75, 3.05) is 32.6 Å². The van der Waals surface area contributed by atoms with Crippen LogP contribution in [0.3, 0.4) is 0 Å². The number of nitrogens with zero attached hydrogens (tertiary/aromatic N) is 4. The Morgan fingerprint density at radius 3 is 2.53 bits per heavy atom. The fourth-order valence-electron chi connectivity index (χ4n) is 3.36. The van der Waals surface area contributed by atoms with Gasteiger partial charge in [-0.15, -0.1) is 0 Å². The van der Waals surface area contributed by atoms with Gasteiger partial charge in [-0.2, -0.15) is 0 Å². The molecule has 1 aromatic carbocycles. The van der Waals surface area contributed by atoms with E-state index < -0.39 is 33.7 Å². The maximum atomic E-state index is 13.2. The molecule has 0 aliphatic rings. The van der Waals surface area contributed by atoms with Crippen molar-refractivity contribution in [1.82, 2.24) is 28.7 Å². The second-order valence-electron chi connectivity index (χ2n) is 7.50. The van der Waals surface area contributed by atoms with Gasteiger partial charge < -0.3 is 14.6 Å². The van der Waals surface area contributed by atoms with Crippen LogP contribution in [0.5, 0.6) is 0 Å². The first-order valence-electron chi connectivity index (χ1n) is 10.7. The first kappa shape index (κ1) is 25.3. The molecule has 0 fully saturated rings. The molecule has 0 spiro atoms. The molecule has 2 N–H and O–H groups in total. The molecule has 2 heterocycles. The number of ether oxygens (including phenoxy) is 1. The highest BCUT2D eigenvalue weighted by molar-refractivity contribution is 7.89. The van der Waals surface area contributed by atoms with Crippen LogP contribution in [0.1, 0.15) is 12.5 Å². The summed E-state index contributed by atoms with van der Waals surface area (Å²) in [6.07, 6.45) is 1.47. The number of rotatable bonds is 12. The van der Waals surface area contributed by atoms with E-state index in [1.807, 2.05) is 30.3 Å². The number of amides is 1. The lowest BCUT2D eigenvalue weighted by Gasteiger charge is -2.13. The molecule has 0 aliphatic carbocycles. The Morgan fingerprint density at radius 2 is 1.85 bits per heavy atom. The molecule has 3 rings (SSSR count). The molecule has 0 saturated heterocycles. The molecule has 184 valence electrons. The lowest BCUT2D eigenvalue weighted by molar-refractivity contribution is -0.121. The van der Waals surface area contributed by atoms with Crippen LogP contribution in [0.2, 0.25) is 0 Å². The number of benzene rings is 1. The van der Waals surface area contributed by atoms with Crippen molar-refractivity contribution >= 4 is 27.1 Å². The molecule has 34 heavy (non-hydrogen) atoms. The minimum Gasteiger partial charge on any atom is -0.383 e. The Morgan fingerprint density at radius 1 is 1.12 bits per heavy atom. The molecule has 3 aromatic rings. The Hall–Kier alpha value is -3.29. The summed E-state index contributed by atoms with van der Waals surface area (Å²) in [6.45, 7) is 1.83. The molecule has 2 aromatic heterocycles. The van der Waals surface area contributed by atoms with Gasteiger partial charge in [-0.1, -0.05) is 30.3 Å². The fraction of sp³-hybridized carbons (Fsp3) is 0.429. The second kappa shape index (κ2) is 11.2. The van der Waals surface area contributed by atoms with Crippen LogP contribution in [0, 0.1) is 0 Å². The number of nitrogens with one attached hydrogen (secondary N) is 2. The van der Waals surface area contributed by atoms with Crippen LogP contribution in [0.15, 0.2) is 46.2 Å². The molecule has 13 heteroatoms. The van der Waals surface area contributed by atoms with Gasteiger partial charge in [0.2, 0.25) is 15.9 Å². The van der Waals surface area contributed by atoms with E-state index >= 15 is 0 Å². The monoisotopic (exact) mass is 492 g/mol. The van der Waals surface area contributed by atoms with Crippen LogP contribution in [-0.2, 0) is 39.2 Å². The molecule has 0 bridgehead atoms. The highest BCUT2D eigenvalue weighted by Gasteiger charge is 2.20. The van der Waals surface area contributed by atoms with Crippen LogP contribution in [0.25, 0.3) is 11.2 Å². The molecule has 1 amide bonds. The van der Waals surface area contributed by atoms with Crippen molar-refractivity contribution < 1.29 is 17.9 Å². The summed E-state index contributed by atoms with van der Waals surface area (Å²) in [5.41, 5.74) is -0.0631. The fourth-order valence-corrected chi connectivity index (χ4v) is 3.97. The first-order valence-corrected chi connectivity index (χ1v) is 12.4. The second-order valence-corrected chi connectivity index (χ2v) is 9.59. The predicted octanol–water partition coefficient (Wildman–Crippen LogP) is -0.890. The zero-order valence-electron chi connectivity index (χ0n) is 19.1. The number of fused-ring (bicyclic) bond motifs is 1. The Kier molecular flexibility index (Phi) is 8.36. The minimum atomic E-state index is -3.39. The van der Waals surface area contributed by atoms with Crippen LogP contribution in [0.4, 0.5) is 0 Å². The number of methoxy groups -OCH3 is 1. The maximum absolute atomic E-state index is 13.2. The largest absolute Gasteiger partial charge is 0.383 e. The molecular weight excluding hydrogens is 464 g/mol. The Labute approximate surface area is 196 Å². The van der Waals surface area contributed by atoms with Gasteiger partial charge in [-0.05, 0) is 12.5 Å². The quantitative estimate of drug-likeness (QED) is 0.312. The van der Waals surface area contributed by atoms with E-state index in [1.165, 1.54) is 24.9 Å². The average Bonchev–Trinajstić information content (AvgIpc) is 3.25. The summed E-state index contributed by atoms with van der Waals surface area (Å²) < 4.78 is 34.2. The van der Waals surface area contributed by atoms with Gasteiger partial charge in [-0.25, -0.2) is 27.5 Å². The topological polar surface area (TPSA) is 146 Å². The third-order valence-corrected chi connectivity index (χ3v) is 6.56. The van der Waals surface area contributed by atoms with E-state index in [0.717, 1.165) is 10.1 Å². The zero-order valence-corrected chi connectivity index (χ0v) is 19.9. The molecule has 0 unspecified atom stereocenters. The number of aromatic nitrogens is 4. The van der Waals surface area contributed by atoms with Crippen molar-refractivity contribution in [3.05, 3.63) is 63.1 Å². The molecule has 0 radical (unpaired) electrons. The molecular formula is C21H28N6O6S. The van der Waals surface area contributed by atoms with E-state index in [9.17, 15) is 22.8 Å². The first-order chi connectivity index (χ1) is 16.3. The van der Waals surface area contributed by atoms with Gasteiger partial charge >= 0.3 is 5.69 Å². The van der Waals surface area contributed by atoms with Gasteiger partial charge in [0.05, 0.1) is 25.2 Å². The summed E-state index contributed by atoms with van der Waals surface area (Å²) >= 11 is 0. The van der Waals surface area contributed by atoms with Crippen molar-refractivity contribution in [3.8, 4) is 0 Å². The van der Waals surface area contributed by atoms with E-state index in [0.29, 0.717) is 13.2 Å². The number of carbonyl (C=O) groups excluding carboxylic acids is 1. The third-order valence-electron chi connectivity index (χ3n) is 5.15. The number of carbonyl (C=O) groups is 1. The van der Waals surface area contributed by atoms with Crippen molar-refractivity contribution in [3.63, 3.8) is 0 Å². The Bertz CT molecular complexity index is 1360. The normalized spacial score (nSPS) is 11.7. The molecule has 0 atom stereocenters. The SMILES string of the molecule is CCS(=O)(=O)NCCNC(=O)Cn1c(=O)c2c(ncn2CCOC)n(Cc2ccccc2)c1=O. The van der Waals surface area contributed by atoms with Gasteiger partial charge in [0.1, 0.15) is 6.54 Å².